The molecule has 160 valence electrons. The van der Waals surface area contributed by atoms with Gasteiger partial charge < -0.3 is 19.7 Å². The first-order valence-corrected chi connectivity index (χ1v) is 10.1. The fourth-order valence-electron chi connectivity index (χ4n) is 4.30. The number of benzene rings is 2. The molecule has 2 N–H and O–H groups in total. The van der Waals surface area contributed by atoms with Gasteiger partial charge in [-0.05, 0) is 42.5 Å². The Bertz CT molecular complexity index is 1150. The van der Waals surface area contributed by atoms with Gasteiger partial charge >= 0.3 is 12.1 Å². The summed E-state index contributed by atoms with van der Waals surface area (Å²) in [4.78, 5) is 23.7. The fraction of sp³-hybridized carbons (Fsp3) is 0.250. The molecule has 3 aromatic rings. The van der Waals surface area contributed by atoms with Crippen molar-refractivity contribution in [3.63, 3.8) is 0 Å². The largest absolute Gasteiger partial charge is 0.480 e. The number of halogens is 1. The summed E-state index contributed by atoms with van der Waals surface area (Å²) in [6.45, 7) is 3.71. The summed E-state index contributed by atoms with van der Waals surface area (Å²) in [7, 11) is 0. The maximum atomic E-state index is 14.2. The summed E-state index contributed by atoms with van der Waals surface area (Å²) in [5.41, 5.74) is 3.83. The zero-order chi connectivity index (χ0) is 22.0. The summed E-state index contributed by atoms with van der Waals surface area (Å²) in [6, 6.07) is 12.0. The van der Waals surface area contributed by atoms with E-state index in [1.807, 2.05) is 30.3 Å². The highest BCUT2D eigenvalue weighted by Gasteiger charge is 2.28. The van der Waals surface area contributed by atoms with Crippen LogP contribution in [-0.2, 0) is 35.5 Å². The number of alkyl carbamates (subject to hydrolysis) is 1. The molecule has 6 nitrogen and oxygen atoms in total. The number of aromatic nitrogens is 1. The van der Waals surface area contributed by atoms with Gasteiger partial charge in [0.25, 0.3) is 0 Å². The summed E-state index contributed by atoms with van der Waals surface area (Å²) in [6.07, 6.45) is 2.70. The van der Waals surface area contributed by atoms with E-state index < -0.39 is 17.9 Å². The predicted octanol–water partition coefficient (Wildman–Crippen LogP) is 4.29. The van der Waals surface area contributed by atoms with Crippen LogP contribution in [0.15, 0.2) is 49.0 Å². The van der Waals surface area contributed by atoms with E-state index in [0.717, 1.165) is 16.8 Å². The lowest BCUT2D eigenvalue weighted by Gasteiger charge is -2.24. The number of nitrogens with zero attached hydrogens (tertiary/aromatic N) is 1. The molecule has 0 radical (unpaired) electrons. The van der Waals surface area contributed by atoms with E-state index in [0.29, 0.717) is 35.7 Å². The smallest absolute Gasteiger partial charge is 0.407 e. The Balaban J connectivity index is 1.57. The highest BCUT2D eigenvalue weighted by Crippen LogP contribution is 2.35. The van der Waals surface area contributed by atoms with Gasteiger partial charge in [-0.1, -0.05) is 43.0 Å². The molecule has 1 amide bonds. The van der Waals surface area contributed by atoms with Crippen molar-refractivity contribution in [3.8, 4) is 0 Å². The fourth-order valence-corrected chi connectivity index (χ4v) is 4.30. The lowest BCUT2D eigenvalue weighted by Crippen LogP contribution is -2.39. The molecular formula is C24H23FN2O4. The number of nitrogens with one attached hydrogen (secondary N) is 1. The van der Waals surface area contributed by atoms with Crippen LogP contribution in [0.4, 0.5) is 9.18 Å². The molecule has 31 heavy (non-hydrogen) atoms. The van der Waals surface area contributed by atoms with Gasteiger partial charge in [0.2, 0.25) is 0 Å². The normalized spacial score (nSPS) is 15.3. The van der Waals surface area contributed by atoms with Crippen LogP contribution in [0.25, 0.3) is 17.0 Å². The lowest BCUT2D eigenvalue weighted by atomic mass is 9.91. The molecule has 1 heterocycles. The van der Waals surface area contributed by atoms with E-state index in [2.05, 4.69) is 11.9 Å². The van der Waals surface area contributed by atoms with Crippen molar-refractivity contribution in [2.75, 3.05) is 0 Å². The number of carbonyl (C=O) groups is 2. The van der Waals surface area contributed by atoms with Crippen molar-refractivity contribution in [1.29, 1.82) is 0 Å². The zero-order valence-electron chi connectivity index (χ0n) is 16.9. The van der Waals surface area contributed by atoms with Gasteiger partial charge in [-0.2, -0.15) is 0 Å². The van der Waals surface area contributed by atoms with Gasteiger partial charge in [-0.3, -0.25) is 4.79 Å². The first kappa shape index (κ1) is 20.7. The second-order valence-corrected chi connectivity index (χ2v) is 7.65. The molecule has 0 saturated carbocycles. The van der Waals surface area contributed by atoms with Crippen LogP contribution in [0.3, 0.4) is 0 Å². The third-order valence-corrected chi connectivity index (χ3v) is 5.60. The van der Waals surface area contributed by atoms with Crippen LogP contribution in [0.5, 0.6) is 0 Å². The van der Waals surface area contributed by atoms with Gasteiger partial charge in [0.05, 0.1) is 5.52 Å². The summed E-state index contributed by atoms with van der Waals surface area (Å²) >= 11 is 0. The maximum Gasteiger partial charge on any atom is 0.407 e. The molecule has 0 saturated heterocycles. The number of ether oxygens (including phenoxy) is 1. The van der Waals surface area contributed by atoms with Gasteiger partial charge in [0.1, 0.15) is 19.0 Å². The van der Waals surface area contributed by atoms with E-state index in [1.54, 1.807) is 4.57 Å². The molecule has 0 bridgehead atoms. The molecule has 0 spiro atoms. The van der Waals surface area contributed by atoms with Gasteiger partial charge in [0, 0.05) is 22.7 Å². The summed E-state index contributed by atoms with van der Waals surface area (Å²) < 4.78 is 21.3. The number of rotatable bonds is 6. The zero-order valence-corrected chi connectivity index (χ0v) is 16.9. The standard InChI is InChI=1S/C24H23FN2O4/c1-2-16-10-17(25)11-20-19-12-18(8-9-21(19)27(23(16)20)13-22(28)29)26-24(30)31-14-15-6-4-3-5-7-15/h2-7,10-11,18H,1,8-9,12-14H2,(H,26,30)(H,28,29)/t18-/m0/s1. The van der Waals surface area contributed by atoms with Crippen molar-refractivity contribution in [2.24, 2.45) is 0 Å². The Morgan fingerprint density at radius 2 is 2.06 bits per heavy atom. The summed E-state index contributed by atoms with van der Waals surface area (Å²) in [5, 5.41) is 12.9. The minimum atomic E-state index is -0.969. The van der Waals surface area contributed by atoms with Crippen LogP contribution in [0.2, 0.25) is 0 Å². The molecule has 1 aliphatic carbocycles. The van der Waals surface area contributed by atoms with Gasteiger partial charge in [0.15, 0.2) is 0 Å². The molecule has 0 fully saturated rings. The van der Waals surface area contributed by atoms with Crippen LogP contribution in [0.1, 0.15) is 28.8 Å². The van der Waals surface area contributed by atoms with Crippen LogP contribution >= 0.6 is 0 Å². The Morgan fingerprint density at radius 1 is 1.29 bits per heavy atom. The molecule has 4 rings (SSSR count). The van der Waals surface area contributed by atoms with E-state index in [-0.39, 0.29) is 19.2 Å². The molecule has 2 aromatic carbocycles. The maximum absolute atomic E-state index is 14.2. The second kappa shape index (κ2) is 8.63. The third-order valence-electron chi connectivity index (χ3n) is 5.60. The Labute approximate surface area is 178 Å². The molecule has 1 aromatic heterocycles. The first-order valence-electron chi connectivity index (χ1n) is 10.1. The van der Waals surface area contributed by atoms with Gasteiger partial charge in [-0.15, -0.1) is 0 Å². The Morgan fingerprint density at radius 3 is 2.77 bits per heavy atom. The number of hydrogen-bond acceptors (Lipinski definition) is 3. The molecular weight excluding hydrogens is 399 g/mol. The highest BCUT2D eigenvalue weighted by atomic mass is 19.1. The van der Waals surface area contributed by atoms with Crippen molar-refractivity contribution < 1.29 is 23.8 Å². The minimum Gasteiger partial charge on any atom is -0.480 e. The number of carboxylic acid groups (broad SMARTS) is 1. The Hall–Kier alpha value is -3.61. The van der Waals surface area contributed by atoms with Crippen LogP contribution in [-0.4, -0.2) is 27.8 Å². The van der Waals surface area contributed by atoms with Gasteiger partial charge in [-0.25, -0.2) is 9.18 Å². The monoisotopic (exact) mass is 422 g/mol. The van der Waals surface area contributed by atoms with E-state index in [4.69, 9.17) is 4.74 Å². The summed E-state index contributed by atoms with van der Waals surface area (Å²) in [5.74, 6) is -1.38. The number of fused-ring (bicyclic) bond motifs is 3. The topological polar surface area (TPSA) is 80.6 Å². The highest BCUT2D eigenvalue weighted by molar-refractivity contribution is 5.93. The van der Waals surface area contributed by atoms with Crippen molar-refractivity contribution in [2.45, 2.75) is 38.5 Å². The average Bonchev–Trinajstić information content (AvgIpc) is 3.05. The first-order chi connectivity index (χ1) is 15.0. The molecule has 0 unspecified atom stereocenters. The quantitative estimate of drug-likeness (QED) is 0.621. The van der Waals surface area contributed by atoms with Crippen LogP contribution < -0.4 is 5.32 Å². The molecule has 1 atom stereocenters. The van der Waals surface area contributed by atoms with Crippen molar-refractivity contribution in [1.82, 2.24) is 9.88 Å². The Kier molecular flexibility index (Phi) is 5.75. The number of carbonyl (C=O) groups excluding carboxylic acids is 1. The van der Waals surface area contributed by atoms with Crippen molar-refractivity contribution in [3.05, 3.63) is 77.2 Å². The molecule has 1 aliphatic rings. The third kappa shape index (κ3) is 4.30. The number of carboxylic acids is 1. The SMILES string of the molecule is C=Cc1cc(F)cc2c3c(n(CC(=O)O)c12)CC[C@H](NC(=O)OCc1ccccc1)C3. The second-order valence-electron chi connectivity index (χ2n) is 7.65. The number of amides is 1. The van der Waals surface area contributed by atoms with Crippen LogP contribution in [0, 0.1) is 5.82 Å². The average molecular weight is 422 g/mol. The van der Waals surface area contributed by atoms with Crippen molar-refractivity contribution >= 4 is 29.0 Å². The lowest BCUT2D eigenvalue weighted by molar-refractivity contribution is -0.137. The van der Waals surface area contributed by atoms with E-state index in [9.17, 15) is 19.1 Å². The predicted molar refractivity (Wildman–Crippen MR) is 115 cm³/mol. The molecule has 7 heteroatoms. The molecule has 0 aliphatic heterocycles. The van der Waals surface area contributed by atoms with E-state index in [1.165, 1.54) is 18.2 Å². The minimum absolute atomic E-state index is 0.177. The van der Waals surface area contributed by atoms with E-state index >= 15 is 0 Å². The number of aliphatic carboxylic acids is 1. The number of hydrogen-bond donors (Lipinski definition) is 2.